The minimum absolute atomic E-state index is 0.0954. The van der Waals surface area contributed by atoms with Crippen LogP contribution in [0.25, 0.3) is 0 Å². The van der Waals surface area contributed by atoms with Crippen molar-refractivity contribution in [3.8, 4) is 0 Å². The van der Waals surface area contributed by atoms with E-state index in [1.165, 1.54) is 8.61 Å². The molecule has 0 N–H and O–H groups in total. The van der Waals surface area contributed by atoms with E-state index in [0.717, 1.165) is 18.4 Å². The van der Waals surface area contributed by atoms with Crippen molar-refractivity contribution in [2.75, 3.05) is 33.7 Å². The third-order valence-electron chi connectivity index (χ3n) is 5.26. The smallest absolute Gasteiger partial charge is 0.281 e. The SMILES string of the molecule is CN(C)S(=O)(=O)N1CCC2(CC1)CC(=O)N(Cc1ccc(Cl)cc1)C2. The maximum Gasteiger partial charge on any atom is 0.281 e. The fraction of sp³-hybridized carbons (Fsp3) is 0.588. The molecule has 0 atom stereocenters. The number of amides is 1. The van der Waals surface area contributed by atoms with Gasteiger partial charge in [0.25, 0.3) is 10.2 Å². The Morgan fingerprint density at radius 3 is 2.32 bits per heavy atom. The second-order valence-corrected chi connectivity index (χ2v) is 9.82. The molecule has 2 saturated heterocycles. The molecule has 0 aromatic heterocycles. The van der Waals surface area contributed by atoms with Gasteiger partial charge >= 0.3 is 0 Å². The molecule has 2 heterocycles. The molecule has 0 unspecified atom stereocenters. The Balaban J connectivity index is 1.64. The van der Waals surface area contributed by atoms with Gasteiger partial charge in [-0.1, -0.05) is 23.7 Å². The van der Waals surface area contributed by atoms with Gasteiger partial charge in [-0.2, -0.15) is 17.0 Å². The normalized spacial score (nSPS) is 21.4. The fourth-order valence-electron chi connectivity index (χ4n) is 3.69. The van der Waals surface area contributed by atoms with Gasteiger partial charge in [-0.15, -0.1) is 0 Å². The van der Waals surface area contributed by atoms with Crippen molar-refractivity contribution in [3.63, 3.8) is 0 Å². The first-order valence-corrected chi connectivity index (χ1v) is 10.2. The molecule has 1 spiro atoms. The summed E-state index contributed by atoms with van der Waals surface area (Å²) >= 11 is 5.91. The Labute approximate surface area is 154 Å². The Bertz CT molecular complexity index is 741. The molecule has 138 valence electrons. The first-order chi connectivity index (χ1) is 11.7. The van der Waals surface area contributed by atoms with Gasteiger partial charge in [0.15, 0.2) is 0 Å². The number of rotatable bonds is 4. The van der Waals surface area contributed by atoms with E-state index in [-0.39, 0.29) is 11.3 Å². The van der Waals surface area contributed by atoms with Crippen molar-refractivity contribution >= 4 is 27.7 Å². The summed E-state index contributed by atoms with van der Waals surface area (Å²) < 4.78 is 27.3. The standard InChI is InChI=1S/C17H24ClN3O3S/c1-19(2)25(23,24)21-9-7-17(8-10-21)11-16(22)20(13-17)12-14-3-5-15(18)6-4-14/h3-6H,7-13H2,1-2H3. The van der Waals surface area contributed by atoms with E-state index in [1.807, 2.05) is 29.2 Å². The first-order valence-electron chi connectivity index (χ1n) is 8.42. The molecule has 1 aromatic rings. The topological polar surface area (TPSA) is 60.9 Å². The largest absolute Gasteiger partial charge is 0.338 e. The van der Waals surface area contributed by atoms with Crippen LogP contribution in [0, 0.1) is 5.41 Å². The molecule has 1 amide bonds. The van der Waals surface area contributed by atoms with E-state index < -0.39 is 10.2 Å². The molecule has 0 radical (unpaired) electrons. The number of halogens is 1. The van der Waals surface area contributed by atoms with Gasteiger partial charge in [0.1, 0.15) is 0 Å². The lowest BCUT2D eigenvalue weighted by atomic mass is 9.78. The summed E-state index contributed by atoms with van der Waals surface area (Å²) in [6.45, 7) is 2.23. The van der Waals surface area contributed by atoms with Gasteiger partial charge in [-0.25, -0.2) is 0 Å². The highest BCUT2D eigenvalue weighted by Gasteiger charge is 2.46. The number of hydrogen-bond donors (Lipinski definition) is 0. The van der Waals surface area contributed by atoms with E-state index in [9.17, 15) is 13.2 Å². The zero-order valence-corrected chi connectivity index (χ0v) is 16.2. The van der Waals surface area contributed by atoms with Gasteiger partial charge in [0.2, 0.25) is 5.91 Å². The van der Waals surface area contributed by atoms with Crippen LogP contribution in [0.5, 0.6) is 0 Å². The predicted octanol–water partition coefficient (Wildman–Crippen LogP) is 1.96. The molecular weight excluding hydrogens is 362 g/mol. The average Bonchev–Trinajstić information content (AvgIpc) is 2.85. The second kappa shape index (κ2) is 6.87. The summed E-state index contributed by atoms with van der Waals surface area (Å²) in [6.07, 6.45) is 1.96. The van der Waals surface area contributed by atoms with E-state index in [2.05, 4.69) is 0 Å². The van der Waals surface area contributed by atoms with Crippen LogP contribution in [0.3, 0.4) is 0 Å². The lowest BCUT2D eigenvalue weighted by Crippen LogP contribution is -2.47. The maximum atomic E-state index is 12.5. The van der Waals surface area contributed by atoms with Gasteiger partial charge in [0, 0.05) is 51.7 Å². The number of hydrogen-bond acceptors (Lipinski definition) is 3. The van der Waals surface area contributed by atoms with Crippen LogP contribution >= 0.6 is 11.6 Å². The summed E-state index contributed by atoms with van der Waals surface area (Å²) in [5.41, 5.74) is 0.962. The summed E-state index contributed by atoms with van der Waals surface area (Å²) in [4.78, 5) is 14.4. The van der Waals surface area contributed by atoms with Crippen molar-refractivity contribution in [2.24, 2.45) is 5.41 Å². The van der Waals surface area contributed by atoms with Gasteiger partial charge in [-0.3, -0.25) is 4.79 Å². The van der Waals surface area contributed by atoms with Crippen molar-refractivity contribution in [1.29, 1.82) is 0 Å². The Kier molecular flexibility index (Phi) is 5.12. The number of likely N-dealkylation sites (tertiary alicyclic amines) is 1. The summed E-state index contributed by atoms with van der Waals surface area (Å²) in [5, 5.41) is 0.683. The summed E-state index contributed by atoms with van der Waals surface area (Å²) in [7, 11) is -0.274. The highest BCUT2D eigenvalue weighted by molar-refractivity contribution is 7.86. The Morgan fingerprint density at radius 1 is 1.16 bits per heavy atom. The minimum atomic E-state index is -3.37. The molecular formula is C17H24ClN3O3S. The van der Waals surface area contributed by atoms with Gasteiger partial charge in [-0.05, 0) is 36.0 Å². The van der Waals surface area contributed by atoms with Crippen molar-refractivity contribution < 1.29 is 13.2 Å². The number of carbonyl (C=O) groups is 1. The third-order valence-corrected chi connectivity index (χ3v) is 7.46. The Hall–Kier alpha value is -1.15. The van der Waals surface area contributed by atoms with Crippen molar-refractivity contribution in [3.05, 3.63) is 34.9 Å². The molecule has 6 nitrogen and oxygen atoms in total. The molecule has 0 aliphatic carbocycles. The molecule has 2 aliphatic rings. The van der Waals surface area contributed by atoms with E-state index in [0.29, 0.717) is 37.6 Å². The zero-order valence-electron chi connectivity index (χ0n) is 14.6. The first kappa shape index (κ1) is 18.6. The van der Waals surface area contributed by atoms with E-state index in [4.69, 9.17) is 11.6 Å². The van der Waals surface area contributed by atoms with Crippen LogP contribution in [-0.2, 0) is 21.5 Å². The molecule has 2 fully saturated rings. The predicted molar refractivity (Wildman–Crippen MR) is 97.3 cm³/mol. The number of nitrogens with zero attached hydrogens (tertiary/aromatic N) is 3. The summed E-state index contributed by atoms with van der Waals surface area (Å²) in [6, 6.07) is 7.54. The van der Waals surface area contributed by atoms with Crippen molar-refractivity contribution in [2.45, 2.75) is 25.8 Å². The van der Waals surface area contributed by atoms with Crippen LogP contribution in [0.15, 0.2) is 24.3 Å². The molecule has 8 heteroatoms. The summed E-state index contributed by atoms with van der Waals surface area (Å²) in [5.74, 6) is 0.152. The lowest BCUT2D eigenvalue weighted by molar-refractivity contribution is -0.128. The van der Waals surface area contributed by atoms with Crippen LogP contribution in [0.4, 0.5) is 0 Å². The molecule has 0 saturated carbocycles. The molecule has 0 bridgehead atoms. The molecule has 1 aromatic carbocycles. The molecule has 3 rings (SSSR count). The van der Waals surface area contributed by atoms with Crippen molar-refractivity contribution in [1.82, 2.24) is 13.5 Å². The van der Waals surface area contributed by atoms with E-state index in [1.54, 1.807) is 14.1 Å². The number of piperidine rings is 1. The zero-order chi connectivity index (χ0) is 18.2. The Morgan fingerprint density at radius 2 is 1.76 bits per heavy atom. The lowest BCUT2D eigenvalue weighted by Gasteiger charge is -2.38. The quantitative estimate of drug-likeness (QED) is 0.796. The van der Waals surface area contributed by atoms with Crippen LogP contribution in [0.1, 0.15) is 24.8 Å². The highest BCUT2D eigenvalue weighted by atomic mass is 35.5. The second-order valence-electron chi connectivity index (χ2n) is 7.24. The fourth-order valence-corrected chi connectivity index (χ4v) is 4.92. The average molecular weight is 386 g/mol. The number of carbonyl (C=O) groups excluding carboxylic acids is 1. The molecule has 25 heavy (non-hydrogen) atoms. The highest BCUT2D eigenvalue weighted by Crippen LogP contribution is 2.42. The monoisotopic (exact) mass is 385 g/mol. The molecule has 2 aliphatic heterocycles. The van der Waals surface area contributed by atoms with Gasteiger partial charge < -0.3 is 4.90 Å². The van der Waals surface area contributed by atoms with Gasteiger partial charge in [0.05, 0.1) is 0 Å². The number of benzene rings is 1. The van der Waals surface area contributed by atoms with Crippen LogP contribution < -0.4 is 0 Å². The maximum absolute atomic E-state index is 12.5. The third kappa shape index (κ3) is 3.84. The minimum Gasteiger partial charge on any atom is -0.338 e. The van der Waals surface area contributed by atoms with E-state index >= 15 is 0 Å². The van der Waals surface area contributed by atoms with Crippen LogP contribution in [-0.4, -0.2) is 61.6 Å². The van der Waals surface area contributed by atoms with Crippen LogP contribution in [0.2, 0.25) is 5.02 Å².